The predicted octanol–water partition coefficient (Wildman–Crippen LogP) is 2.40. The number of fused-ring (bicyclic) bond motifs is 1. The van der Waals surface area contributed by atoms with Gasteiger partial charge < -0.3 is 4.90 Å². The van der Waals surface area contributed by atoms with Crippen LogP contribution in [0.15, 0.2) is 18.5 Å². The van der Waals surface area contributed by atoms with E-state index in [0.29, 0.717) is 10.7 Å². The van der Waals surface area contributed by atoms with E-state index in [-0.39, 0.29) is 0 Å². The van der Waals surface area contributed by atoms with E-state index in [1.807, 2.05) is 16.5 Å². The van der Waals surface area contributed by atoms with E-state index in [9.17, 15) is 4.79 Å². The van der Waals surface area contributed by atoms with Crippen molar-refractivity contribution in [2.75, 3.05) is 18.0 Å². The molecule has 0 aliphatic carbocycles. The second-order valence-corrected chi connectivity index (χ2v) is 4.57. The Hall–Kier alpha value is -1.55. The van der Waals surface area contributed by atoms with Gasteiger partial charge in [0, 0.05) is 13.1 Å². The number of aromatic nitrogens is 2. The fourth-order valence-corrected chi connectivity index (χ4v) is 2.59. The second-order valence-electron chi connectivity index (χ2n) is 4.21. The zero-order chi connectivity index (χ0) is 11.8. The lowest BCUT2D eigenvalue weighted by atomic mass is 10.2. The third-order valence-electron chi connectivity index (χ3n) is 3.20. The topological polar surface area (TPSA) is 37.6 Å². The maximum absolute atomic E-state index is 11.1. The van der Waals surface area contributed by atoms with Crippen LogP contribution in [0.1, 0.15) is 23.2 Å². The number of pyridine rings is 1. The molecule has 0 saturated carbocycles. The van der Waals surface area contributed by atoms with E-state index in [1.54, 1.807) is 6.33 Å². The molecular formula is C12H12ClN3O. The molecule has 4 nitrogen and oxygen atoms in total. The first-order chi connectivity index (χ1) is 8.31. The van der Waals surface area contributed by atoms with Crippen LogP contribution in [0, 0.1) is 0 Å². The second kappa shape index (κ2) is 4.04. The molecule has 0 aromatic carbocycles. The summed E-state index contributed by atoms with van der Waals surface area (Å²) in [4.78, 5) is 17.4. The van der Waals surface area contributed by atoms with Crippen molar-refractivity contribution < 1.29 is 4.79 Å². The minimum absolute atomic E-state index is 0.475. The Labute approximate surface area is 104 Å². The molecule has 0 radical (unpaired) electrons. The monoisotopic (exact) mass is 249 g/mol. The molecule has 1 aliphatic heterocycles. The summed E-state index contributed by atoms with van der Waals surface area (Å²) >= 11 is 6.01. The third-order valence-corrected chi connectivity index (χ3v) is 3.49. The van der Waals surface area contributed by atoms with Crippen LogP contribution in [0.2, 0.25) is 5.15 Å². The highest BCUT2D eigenvalue weighted by atomic mass is 35.5. The van der Waals surface area contributed by atoms with Gasteiger partial charge in [-0.1, -0.05) is 11.6 Å². The molecular weight excluding hydrogens is 238 g/mol. The lowest BCUT2D eigenvalue weighted by Crippen LogP contribution is -2.22. The minimum atomic E-state index is 0.475. The molecule has 0 unspecified atom stereocenters. The largest absolute Gasteiger partial charge is 0.357 e. The van der Waals surface area contributed by atoms with Crippen LogP contribution in [-0.4, -0.2) is 28.8 Å². The summed E-state index contributed by atoms with van der Waals surface area (Å²) in [5.41, 5.74) is 1.53. The van der Waals surface area contributed by atoms with Crippen LogP contribution < -0.4 is 4.90 Å². The van der Waals surface area contributed by atoms with Crippen LogP contribution in [0.25, 0.3) is 5.52 Å². The summed E-state index contributed by atoms with van der Waals surface area (Å²) in [6.45, 7) is 1.96. The first-order valence-corrected chi connectivity index (χ1v) is 6.05. The van der Waals surface area contributed by atoms with Gasteiger partial charge in [0.2, 0.25) is 0 Å². The standard InChI is InChI=1S/C12H12ClN3O/c13-11-10-4-3-9(7-17)12(16(10)8-14-11)15-5-1-2-6-15/h3-4,7-8H,1-2,5-6H2. The molecule has 0 bridgehead atoms. The molecule has 1 aliphatic rings. The van der Waals surface area contributed by atoms with Crippen LogP contribution in [0.3, 0.4) is 0 Å². The van der Waals surface area contributed by atoms with Crippen LogP contribution >= 0.6 is 11.6 Å². The van der Waals surface area contributed by atoms with E-state index in [4.69, 9.17) is 11.6 Å². The number of hydrogen-bond donors (Lipinski definition) is 0. The van der Waals surface area contributed by atoms with E-state index < -0.39 is 0 Å². The van der Waals surface area contributed by atoms with Crippen LogP contribution in [0.5, 0.6) is 0 Å². The van der Waals surface area contributed by atoms with E-state index in [1.165, 1.54) is 0 Å². The molecule has 17 heavy (non-hydrogen) atoms. The number of nitrogens with zero attached hydrogens (tertiary/aromatic N) is 3. The Balaban J connectivity index is 2.26. The molecule has 3 heterocycles. The van der Waals surface area contributed by atoms with Crippen LogP contribution in [0.4, 0.5) is 5.82 Å². The smallest absolute Gasteiger partial charge is 0.154 e. The van der Waals surface area contributed by atoms with Gasteiger partial charge in [-0.3, -0.25) is 9.20 Å². The van der Waals surface area contributed by atoms with Gasteiger partial charge in [-0.25, -0.2) is 4.98 Å². The van der Waals surface area contributed by atoms with Crippen molar-refractivity contribution in [3.05, 3.63) is 29.2 Å². The van der Waals surface area contributed by atoms with Crippen molar-refractivity contribution in [1.29, 1.82) is 0 Å². The quantitative estimate of drug-likeness (QED) is 0.767. The lowest BCUT2D eigenvalue weighted by Gasteiger charge is -2.20. The fourth-order valence-electron chi connectivity index (χ4n) is 2.39. The summed E-state index contributed by atoms with van der Waals surface area (Å²) < 4.78 is 1.90. The van der Waals surface area contributed by atoms with E-state index >= 15 is 0 Å². The summed E-state index contributed by atoms with van der Waals surface area (Å²) in [6.07, 6.45) is 4.90. The van der Waals surface area contributed by atoms with Crippen molar-refractivity contribution in [3.63, 3.8) is 0 Å². The van der Waals surface area contributed by atoms with Gasteiger partial charge in [-0.15, -0.1) is 0 Å². The lowest BCUT2D eigenvalue weighted by molar-refractivity contribution is 0.112. The normalized spacial score (nSPS) is 15.7. The summed E-state index contributed by atoms with van der Waals surface area (Å²) in [5, 5.41) is 0.475. The first kappa shape index (κ1) is 10.6. The molecule has 5 heteroatoms. The van der Waals surface area contributed by atoms with E-state index in [2.05, 4.69) is 9.88 Å². The highest BCUT2D eigenvalue weighted by molar-refractivity contribution is 6.32. The summed E-state index contributed by atoms with van der Waals surface area (Å²) in [5.74, 6) is 0.911. The molecule has 1 saturated heterocycles. The molecule has 0 N–H and O–H groups in total. The van der Waals surface area contributed by atoms with Gasteiger partial charge in [0.25, 0.3) is 0 Å². The molecule has 2 aromatic rings. The number of carbonyl (C=O) groups is 1. The van der Waals surface area contributed by atoms with Crippen LogP contribution in [-0.2, 0) is 0 Å². The first-order valence-electron chi connectivity index (χ1n) is 5.67. The van der Waals surface area contributed by atoms with Crippen molar-refractivity contribution in [2.24, 2.45) is 0 Å². The van der Waals surface area contributed by atoms with Crippen molar-refractivity contribution in [1.82, 2.24) is 9.38 Å². The van der Waals surface area contributed by atoms with Gasteiger partial charge in [-0.05, 0) is 25.0 Å². The highest BCUT2D eigenvalue weighted by Crippen LogP contribution is 2.27. The van der Waals surface area contributed by atoms with Gasteiger partial charge in [0.15, 0.2) is 11.4 Å². The zero-order valence-corrected chi connectivity index (χ0v) is 10.0. The number of carbonyl (C=O) groups excluding carboxylic acids is 1. The number of aldehydes is 1. The van der Waals surface area contributed by atoms with Crippen molar-refractivity contribution in [2.45, 2.75) is 12.8 Å². The molecule has 88 valence electrons. The molecule has 0 atom stereocenters. The minimum Gasteiger partial charge on any atom is -0.357 e. The molecule has 0 spiro atoms. The molecule has 2 aromatic heterocycles. The number of hydrogen-bond acceptors (Lipinski definition) is 3. The Morgan fingerprint density at radius 2 is 2.06 bits per heavy atom. The number of rotatable bonds is 2. The molecule has 3 rings (SSSR count). The number of imidazole rings is 1. The molecule has 1 fully saturated rings. The Bertz CT molecular complexity index is 572. The summed E-state index contributed by atoms with van der Waals surface area (Å²) in [7, 11) is 0. The predicted molar refractivity (Wildman–Crippen MR) is 67.0 cm³/mol. The average Bonchev–Trinajstić information content (AvgIpc) is 2.98. The van der Waals surface area contributed by atoms with Gasteiger partial charge in [0.1, 0.15) is 12.1 Å². The number of halogens is 1. The summed E-state index contributed by atoms with van der Waals surface area (Å²) in [6, 6.07) is 3.64. The SMILES string of the molecule is O=Cc1ccc2c(Cl)ncn2c1N1CCCC1. The van der Waals surface area contributed by atoms with Gasteiger partial charge in [-0.2, -0.15) is 0 Å². The Kier molecular flexibility index (Phi) is 2.52. The molecule has 0 amide bonds. The Morgan fingerprint density at radius 3 is 2.76 bits per heavy atom. The van der Waals surface area contributed by atoms with E-state index in [0.717, 1.165) is 43.6 Å². The van der Waals surface area contributed by atoms with Gasteiger partial charge >= 0.3 is 0 Å². The van der Waals surface area contributed by atoms with Crippen molar-refractivity contribution >= 4 is 29.2 Å². The fraction of sp³-hybridized carbons (Fsp3) is 0.333. The average molecular weight is 250 g/mol. The van der Waals surface area contributed by atoms with Gasteiger partial charge in [0.05, 0.1) is 11.1 Å². The Morgan fingerprint density at radius 1 is 1.29 bits per heavy atom. The highest BCUT2D eigenvalue weighted by Gasteiger charge is 2.19. The number of anilines is 1. The maximum atomic E-state index is 11.1. The van der Waals surface area contributed by atoms with Crippen molar-refractivity contribution in [3.8, 4) is 0 Å². The maximum Gasteiger partial charge on any atom is 0.154 e. The third kappa shape index (κ3) is 1.60. The zero-order valence-electron chi connectivity index (χ0n) is 9.27.